The van der Waals surface area contributed by atoms with Gasteiger partial charge in [-0.2, -0.15) is 0 Å². The highest BCUT2D eigenvalue weighted by Crippen LogP contribution is 2.28. The molecular weight excluding hydrogens is 391 g/mol. The third kappa shape index (κ3) is 3.53. The molecule has 0 amide bonds. The van der Waals surface area contributed by atoms with Crippen LogP contribution in [0.5, 0.6) is 0 Å². The van der Waals surface area contributed by atoms with Crippen molar-refractivity contribution in [1.29, 1.82) is 0 Å². The van der Waals surface area contributed by atoms with Gasteiger partial charge in [0.25, 0.3) is 0 Å². The first-order valence-electron chi connectivity index (χ1n) is 6.18. The lowest BCUT2D eigenvalue weighted by molar-refractivity contribution is 0.0907. The van der Waals surface area contributed by atoms with Crippen molar-refractivity contribution in [2.75, 3.05) is 0 Å². The Balaban J connectivity index is 2.20. The van der Waals surface area contributed by atoms with Crippen LogP contribution in [0.2, 0.25) is 0 Å². The minimum atomic E-state index is 0.250. The number of halogens is 2. The SMILES string of the molecule is O=C(c1cc(Br)ccc1I)C1CCCCCC1. The lowest BCUT2D eigenvalue weighted by Crippen LogP contribution is -2.15. The normalized spacial score (nSPS) is 17.8. The van der Waals surface area contributed by atoms with Crippen LogP contribution in [0.25, 0.3) is 0 Å². The summed E-state index contributed by atoms with van der Waals surface area (Å²) in [6.07, 6.45) is 7.14. The van der Waals surface area contributed by atoms with Gasteiger partial charge in [-0.25, -0.2) is 0 Å². The van der Waals surface area contributed by atoms with Gasteiger partial charge in [0.05, 0.1) is 0 Å². The Labute approximate surface area is 125 Å². The molecule has 0 aromatic heterocycles. The van der Waals surface area contributed by atoms with E-state index in [1.54, 1.807) is 0 Å². The number of Topliss-reactive ketones (excluding diaryl/α,β-unsaturated/α-hetero) is 1. The van der Waals surface area contributed by atoms with Crippen LogP contribution in [0.4, 0.5) is 0 Å². The standard InChI is InChI=1S/C14H16BrIO/c15-11-7-8-13(16)12(9-11)14(17)10-5-3-1-2-4-6-10/h7-10H,1-6H2. The molecule has 0 heterocycles. The number of carbonyl (C=O) groups excluding carboxylic acids is 1. The molecule has 1 aromatic carbocycles. The van der Waals surface area contributed by atoms with Crippen LogP contribution in [0.1, 0.15) is 48.9 Å². The van der Waals surface area contributed by atoms with Crippen molar-refractivity contribution in [3.8, 4) is 0 Å². The Morgan fingerprint density at radius 2 is 1.82 bits per heavy atom. The van der Waals surface area contributed by atoms with Crippen molar-refractivity contribution < 1.29 is 4.79 Å². The van der Waals surface area contributed by atoms with Crippen LogP contribution in [0, 0.1) is 9.49 Å². The smallest absolute Gasteiger partial charge is 0.167 e. The Kier molecular flexibility index (Phi) is 5.03. The Morgan fingerprint density at radius 1 is 1.18 bits per heavy atom. The molecule has 1 aromatic rings. The van der Waals surface area contributed by atoms with Crippen molar-refractivity contribution in [2.24, 2.45) is 5.92 Å². The minimum Gasteiger partial charge on any atom is -0.294 e. The first kappa shape index (κ1) is 13.5. The molecule has 1 saturated carbocycles. The molecule has 0 atom stereocenters. The van der Waals surface area contributed by atoms with Crippen molar-refractivity contribution in [3.05, 3.63) is 31.8 Å². The summed E-state index contributed by atoms with van der Waals surface area (Å²) >= 11 is 5.70. The number of carbonyl (C=O) groups is 1. The molecule has 0 unspecified atom stereocenters. The van der Waals surface area contributed by atoms with Gasteiger partial charge in [0.1, 0.15) is 0 Å². The second-order valence-corrected chi connectivity index (χ2v) is 6.75. The molecule has 0 N–H and O–H groups in total. The van der Waals surface area contributed by atoms with Crippen LogP contribution < -0.4 is 0 Å². The summed E-state index contributed by atoms with van der Waals surface area (Å²) in [6.45, 7) is 0. The maximum Gasteiger partial charge on any atom is 0.167 e. The Hall–Kier alpha value is 0.1000. The Morgan fingerprint density at radius 3 is 2.47 bits per heavy atom. The first-order chi connectivity index (χ1) is 8.18. The van der Waals surface area contributed by atoms with Crippen LogP contribution >= 0.6 is 38.5 Å². The quantitative estimate of drug-likeness (QED) is 0.374. The molecule has 3 heteroatoms. The highest BCUT2D eigenvalue weighted by molar-refractivity contribution is 14.1. The van der Waals surface area contributed by atoms with Gasteiger partial charge in [-0.05, 0) is 53.6 Å². The maximum atomic E-state index is 12.5. The number of ketones is 1. The zero-order valence-corrected chi connectivity index (χ0v) is 13.5. The van der Waals surface area contributed by atoms with E-state index in [0.717, 1.165) is 26.4 Å². The van der Waals surface area contributed by atoms with Gasteiger partial charge in [0.2, 0.25) is 0 Å². The second-order valence-electron chi connectivity index (χ2n) is 4.68. The summed E-state index contributed by atoms with van der Waals surface area (Å²) in [7, 11) is 0. The van der Waals surface area contributed by atoms with Crippen LogP contribution in [-0.4, -0.2) is 5.78 Å². The van der Waals surface area contributed by atoms with Crippen molar-refractivity contribution >= 4 is 44.3 Å². The Bertz CT molecular complexity index is 409. The number of hydrogen-bond donors (Lipinski definition) is 0. The molecule has 1 fully saturated rings. The third-order valence-electron chi connectivity index (χ3n) is 3.42. The lowest BCUT2D eigenvalue weighted by Gasteiger charge is -2.14. The molecule has 1 aliphatic rings. The van der Waals surface area contributed by atoms with Gasteiger partial charge in [0.15, 0.2) is 5.78 Å². The van der Waals surface area contributed by atoms with Gasteiger partial charge in [-0.3, -0.25) is 4.79 Å². The van der Waals surface area contributed by atoms with E-state index in [9.17, 15) is 4.79 Å². The zero-order valence-electron chi connectivity index (χ0n) is 9.72. The molecule has 92 valence electrons. The zero-order chi connectivity index (χ0) is 12.3. The summed E-state index contributed by atoms with van der Waals surface area (Å²) < 4.78 is 2.06. The lowest BCUT2D eigenvalue weighted by atomic mass is 9.91. The summed E-state index contributed by atoms with van der Waals surface area (Å²) in [6, 6.07) is 5.97. The van der Waals surface area contributed by atoms with E-state index < -0.39 is 0 Å². The van der Waals surface area contributed by atoms with E-state index >= 15 is 0 Å². The fourth-order valence-electron chi connectivity index (χ4n) is 2.45. The average molecular weight is 407 g/mol. The van der Waals surface area contributed by atoms with E-state index in [0.29, 0.717) is 5.78 Å². The summed E-state index contributed by atoms with van der Waals surface area (Å²) in [5, 5.41) is 0. The fraction of sp³-hybridized carbons (Fsp3) is 0.500. The van der Waals surface area contributed by atoms with Gasteiger partial charge in [-0.15, -0.1) is 0 Å². The molecule has 0 saturated heterocycles. The topological polar surface area (TPSA) is 17.1 Å². The molecule has 2 rings (SSSR count). The molecule has 1 nitrogen and oxygen atoms in total. The summed E-state index contributed by atoms with van der Waals surface area (Å²) in [4.78, 5) is 12.5. The van der Waals surface area contributed by atoms with Gasteiger partial charge >= 0.3 is 0 Å². The molecular formula is C14H16BrIO. The fourth-order valence-corrected chi connectivity index (χ4v) is 3.41. The van der Waals surface area contributed by atoms with E-state index in [1.165, 1.54) is 25.7 Å². The summed E-state index contributed by atoms with van der Waals surface area (Å²) in [5.41, 5.74) is 0.895. The van der Waals surface area contributed by atoms with Crippen LogP contribution in [0.15, 0.2) is 22.7 Å². The van der Waals surface area contributed by atoms with Crippen molar-refractivity contribution in [1.82, 2.24) is 0 Å². The van der Waals surface area contributed by atoms with Gasteiger partial charge in [0, 0.05) is 19.5 Å². The van der Waals surface area contributed by atoms with E-state index in [2.05, 4.69) is 38.5 Å². The molecule has 1 aliphatic carbocycles. The van der Waals surface area contributed by atoms with Gasteiger partial charge < -0.3 is 0 Å². The second kappa shape index (κ2) is 6.32. The first-order valence-corrected chi connectivity index (χ1v) is 8.05. The van der Waals surface area contributed by atoms with Crippen molar-refractivity contribution in [3.63, 3.8) is 0 Å². The molecule has 0 aliphatic heterocycles. The number of rotatable bonds is 2. The number of benzene rings is 1. The molecule has 0 radical (unpaired) electrons. The highest BCUT2D eigenvalue weighted by Gasteiger charge is 2.22. The average Bonchev–Trinajstić information content (AvgIpc) is 2.60. The van der Waals surface area contributed by atoms with E-state index in [4.69, 9.17) is 0 Å². The van der Waals surface area contributed by atoms with Crippen molar-refractivity contribution in [2.45, 2.75) is 38.5 Å². The molecule has 0 spiro atoms. The maximum absolute atomic E-state index is 12.5. The van der Waals surface area contributed by atoms with E-state index in [-0.39, 0.29) is 5.92 Å². The predicted molar refractivity (Wildman–Crippen MR) is 82.4 cm³/mol. The van der Waals surface area contributed by atoms with Crippen LogP contribution in [0.3, 0.4) is 0 Å². The largest absolute Gasteiger partial charge is 0.294 e. The van der Waals surface area contributed by atoms with Gasteiger partial charge in [-0.1, -0.05) is 41.6 Å². The van der Waals surface area contributed by atoms with Crippen LogP contribution in [-0.2, 0) is 0 Å². The molecule has 0 bridgehead atoms. The monoisotopic (exact) mass is 406 g/mol. The predicted octanol–water partition coefficient (Wildman–Crippen LogP) is 5.21. The highest BCUT2D eigenvalue weighted by atomic mass is 127. The minimum absolute atomic E-state index is 0.250. The third-order valence-corrected chi connectivity index (χ3v) is 4.85. The summed E-state index contributed by atoms with van der Waals surface area (Å²) in [5.74, 6) is 0.595. The number of hydrogen-bond acceptors (Lipinski definition) is 1. The molecule has 17 heavy (non-hydrogen) atoms. The van der Waals surface area contributed by atoms with E-state index in [1.807, 2.05) is 18.2 Å².